The summed E-state index contributed by atoms with van der Waals surface area (Å²) in [6.45, 7) is 2.19. The van der Waals surface area contributed by atoms with Gasteiger partial charge in [0.2, 0.25) is 5.78 Å². The molecule has 0 aromatic carbocycles. The van der Waals surface area contributed by atoms with E-state index in [1.165, 1.54) is 18.5 Å². The largest absolute Gasteiger partial charge is 0.317 e. The summed E-state index contributed by atoms with van der Waals surface area (Å²) >= 11 is 3.42. The summed E-state index contributed by atoms with van der Waals surface area (Å²) in [6.07, 6.45) is 8.23. The van der Waals surface area contributed by atoms with Gasteiger partial charge in [0.1, 0.15) is 0 Å². The third kappa shape index (κ3) is 1.85. The topological polar surface area (TPSA) is 42.2 Å². The summed E-state index contributed by atoms with van der Waals surface area (Å²) in [5.74, 6) is 1.37. The van der Waals surface area contributed by atoms with Gasteiger partial charge in [-0.25, -0.2) is 9.97 Å². The molecule has 3 rings (SSSR count). The Kier molecular flexibility index (Phi) is 2.65. The van der Waals surface area contributed by atoms with Crippen LogP contribution < -0.4 is 5.32 Å². The van der Waals surface area contributed by atoms with Crippen molar-refractivity contribution in [3.63, 3.8) is 0 Å². The molecule has 1 N–H and O–H groups in total. The number of hydrogen-bond acceptors (Lipinski definition) is 3. The second-order valence-corrected chi connectivity index (χ2v) is 5.09. The van der Waals surface area contributed by atoms with Crippen LogP contribution >= 0.6 is 15.9 Å². The van der Waals surface area contributed by atoms with E-state index in [1.807, 2.05) is 10.6 Å². The third-order valence-corrected chi connectivity index (χ3v) is 3.46. The number of fused-ring (bicyclic) bond motifs is 1. The summed E-state index contributed by atoms with van der Waals surface area (Å²) in [7, 11) is 0. The molecular weight excluding hydrogens is 268 g/mol. The molecule has 0 aliphatic carbocycles. The number of hydrogen-bond donors (Lipinski definition) is 1. The van der Waals surface area contributed by atoms with Crippen molar-refractivity contribution >= 4 is 21.7 Å². The van der Waals surface area contributed by atoms with Crippen molar-refractivity contribution in [2.75, 3.05) is 13.1 Å². The fourth-order valence-electron chi connectivity index (χ4n) is 2.19. The molecule has 1 aliphatic heterocycles. The van der Waals surface area contributed by atoms with Crippen LogP contribution in [0.4, 0.5) is 0 Å². The lowest BCUT2D eigenvalue weighted by atomic mass is 9.95. The highest BCUT2D eigenvalue weighted by molar-refractivity contribution is 9.10. The molecule has 84 valence electrons. The van der Waals surface area contributed by atoms with Gasteiger partial charge in [0.25, 0.3) is 0 Å². The molecular formula is C11H13BrN4. The number of nitrogens with one attached hydrogen (secondary N) is 1. The smallest absolute Gasteiger partial charge is 0.233 e. The zero-order valence-electron chi connectivity index (χ0n) is 8.86. The quantitative estimate of drug-likeness (QED) is 0.869. The predicted octanol–water partition coefficient (Wildman–Crippen LogP) is 1.96. The van der Waals surface area contributed by atoms with Crippen molar-refractivity contribution in [1.29, 1.82) is 0 Å². The molecule has 2 aromatic heterocycles. The normalized spacial score (nSPS) is 18.1. The van der Waals surface area contributed by atoms with Crippen molar-refractivity contribution in [3.8, 4) is 0 Å². The van der Waals surface area contributed by atoms with Crippen LogP contribution in [0.25, 0.3) is 5.78 Å². The van der Waals surface area contributed by atoms with E-state index < -0.39 is 0 Å². The fraction of sp³-hybridized carbons (Fsp3) is 0.455. The Bertz CT molecular complexity index is 502. The molecule has 5 heteroatoms. The molecule has 16 heavy (non-hydrogen) atoms. The second-order valence-electron chi connectivity index (χ2n) is 4.17. The van der Waals surface area contributed by atoms with E-state index in [0.29, 0.717) is 5.92 Å². The fourth-order valence-corrected chi connectivity index (χ4v) is 2.52. The first-order valence-electron chi connectivity index (χ1n) is 5.54. The highest BCUT2D eigenvalue weighted by Gasteiger charge is 2.18. The van der Waals surface area contributed by atoms with E-state index in [-0.39, 0.29) is 0 Å². The molecule has 1 aliphatic rings. The lowest BCUT2D eigenvalue weighted by Gasteiger charge is -2.20. The van der Waals surface area contributed by atoms with Crippen LogP contribution in [0.15, 0.2) is 23.1 Å². The van der Waals surface area contributed by atoms with Gasteiger partial charge in [-0.3, -0.25) is 4.40 Å². The molecule has 0 bridgehead atoms. The van der Waals surface area contributed by atoms with E-state index in [2.05, 4.69) is 37.4 Å². The van der Waals surface area contributed by atoms with Gasteiger partial charge in [0, 0.05) is 24.5 Å². The highest BCUT2D eigenvalue weighted by atomic mass is 79.9. The summed E-state index contributed by atoms with van der Waals surface area (Å²) < 4.78 is 2.97. The maximum Gasteiger partial charge on any atom is 0.233 e. The summed E-state index contributed by atoms with van der Waals surface area (Å²) in [5.41, 5.74) is 1.17. The lowest BCUT2D eigenvalue weighted by molar-refractivity contribution is 0.454. The van der Waals surface area contributed by atoms with Crippen molar-refractivity contribution < 1.29 is 0 Å². The van der Waals surface area contributed by atoms with E-state index in [1.54, 1.807) is 6.20 Å². The van der Waals surface area contributed by atoms with Crippen LogP contribution in [0.2, 0.25) is 0 Å². The van der Waals surface area contributed by atoms with Crippen LogP contribution in [0.1, 0.15) is 24.5 Å². The van der Waals surface area contributed by atoms with Gasteiger partial charge in [-0.2, -0.15) is 0 Å². The number of halogens is 1. The number of aromatic nitrogens is 3. The standard InChI is InChI=1S/C11H13BrN4/c12-9-5-14-11-15-10(7-16(11)6-9)8-1-3-13-4-2-8/h5-8,13H,1-4H2. The Morgan fingerprint density at radius 2 is 2.12 bits per heavy atom. The summed E-state index contributed by atoms with van der Waals surface area (Å²) in [5, 5.41) is 3.37. The Morgan fingerprint density at radius 1 is 1.31 bits per heavy atom. The van der Waals surface area contributed by atoms with E-state index in [9.17, 15) is 0 Å². The first kappa shape index (κ1) is 10.2. The molecule has 0 unspecified atom stereocenters. The van der Waals surface area contributed by atoms with Crippen LogP contribution in [0, 0.1) is 0 Å². The Balaban J connectivity index is 1.97. The Hall–Kier alpha value is -0.940. The summed E-state index contributed by atoms with van der Waals surface area (Å²) in [4.78, 5) is 8.87. The Morgan fingerprint density at radius 3 is 2.94 bits per heavy atom. The van der Waals surface area contributed by atoms with Gasteiger partial charge < -0.3 is 5.32 Å². The molecule has 3 heterocycles. The van der Waals surface area contributed by atoms with Gasteiger partial charge >= 0.3 is 0 Å². The first-order chi connectivity index (χ1) is 7.83. The highest BCUT2D eigenvalue weighted by Crippen LogP contribution is 2.24. The number of imidazole rings is 1. The van der Waals surface area contributed by atoms with Crippen LogP contribution in [-0.2, 0) is 0 Å². The number of piperidine rings is 1. The lowest BCUT2D eigenvalue weighted by Crippen LogP contribution is -2.26. The van der Waals surface area contributed by atoms with Crippen molar-refractivity contribution in [2.24, 2.45) is 0 Å². The maximum atomic E-state index is 4.58. The average Bonchev–Trinajstić information content (AvgIpc) is 2.73. The molecule has 0 spiro atoms. The average molecular weight is 281 g/mol. The molecule has 1 saturated heterocycles. The number of nitrogens with zero attached hydrogens (tertiary/aromatic N) is 3. The predicted molar refractivity (Wildman–Crippen MR) is 65.5 cm³/mol. The van der Waals surface area contributed by atoms with Gasteiger partial charge in [-0.05, 0) is 41.9 Å². The molecule has 0 saturated carbocycles. The van der Waals surface area contributed by atoms with Crippen molar-refractivity contribution in [3.05, 3.63) is 28.8 Å². The monoisotopic (exact) mass is 280 g/mol. The van der Waals surface area contributed by atoms with Crippen LogP contribution in [0.5, 0.6) is 0 Å². The second kappa shape index (κ2) is 4.14. The molecule has 0 amide bonds. The van der Waals surface area contributed by atoms with Crippen LogP contribution in [-0.4, -0.2) is 27.5 Å². The minimum atomic E-state index is 0.585. The molecule has 1 fully saturated rings. The number of rotatable bonds is 1. The molecule has 2 aromatic rings. The van der Waals surface area contributed by atoms with Gasteiger partial charge in [0.15, 0.2) is 0 Å². The third-order valence-electron chi connectivity index (χ3n) is 3.05. The molecule has 0 radical (unpaired) electrons. The van der Waals surface area contributed by atoms with Gasteiger partial charge in [0.05, 0.1) is 10.2 Å². The zero-order valence-corrected chi connectivity index (χ0v) is 10.4. The SMILES string of the molecule is Brc1cnc2nc(C3CCNCC3)cn2c1. The molecule has 4 nitrogen and oxygen atoms in total. The molecule has 0 atom stereocenters. The van der Waals surface area contributed by atoms with E-state index in [0.717, 1.165) is 23.3 Å². The first-order valence-corrected chi connectivity index (χ1v) is 6.33. The van der Waals surface area contributed by atoms with Crippen molar-refractivity contribution in [2.45, 2.75) is 18.8 Å². The zero-order chi connectivity index (χ0) is 11.0. The Labute approximate surface area is 102 Å². The minimum absolute atomic E-state index is 0.585. The van der Waals surface area contributed by atoms with Crippen LogP contribution in [0.3, 0.4) is 0 Å². The van der Waals surface area contributed by atoms with E-state index >= 15 is 0 Å². The minimum Gasteiger partial charge on any atom is -0.317 e. The van der Waals surface area contributed by atoms with E-state index in [4.69, 9.17) is 0 Å². The van der Waals surface area contributed by atoms with Gasteiger partial charge in [-0.15, -0.1) is 0 Å². The summed E-state index contributed by atoms with van der Waals surface area (Å²) in [6, 6.07) is 0. The van der Waals surface area contributed by atoms with Crippen molar-refractivity contribution in [1.82, 2.24) is 19.7 Å². The maximum absolute atomic E-state index is 4.58. The van der Waals surface area contributed by atoms with Gasteiger partial charge in [-0.1, -0.05) is 0 Å².